The summed E-state index contributed by atoms with van der Waals surface area (Å²) in [6.45, 7) is 0. The Bertz CT molecular complexity index is 3400. The maximum absolute atomic E-state index is 6.14. The molecular weight excluding hydrogens is 753 g/mol. The number of hydrogen-bond donors (Lipinski definition) is 0. The summed E-state index contributed by atoms with van der Waals surface area (Å²) >= 11 is 0. The molecule has 1 aliphatic rings. The van der Waals surface area contributed by atoms with Gasteiger partial charge in [0.1, 0.15) is 11.2 Å². The largest absolute Gasteiger partial charge is 0.456 e. The van der Waals surface area contributed by atoms with Gasteiger partial charge < -0.3 is 4.42 Å². The third-order valence-corrected chi connectivity index (χ3v) is 12.6. The predicted octanol–water partition coefficient (Wildman–Crippen LogP) is 15.1. The van der Waals surface area contributed by atoms with Gasteiger partial charge in [0.05, 0.1) is 16.8 Å². The number of aromatic nitrogens is 2. The fourth-order valence-corrected chi connectivity index (χ4v) is 9.78. The Hall–Kier alpha value is -8.14. The third-order valence-electron chi connectivity index (χ3n) is 12.6. The topological polar surface area (TPSA) is 38.9 Å². The van der Waals surface area contributed by atoms with E-state index in [4.69, 9.17) is 14.4 Å². The van der Waals surface area contributed by atoms with Crippen LogP contribution in [0, 0.1) is 0 Å². The molecule has 12 rings (SSSR count). The lowest BCUT2D eigenvalue weighted by Gasteiger charge is -2.34. The van der Waals surface area contributed by atoms with Gasteiger partial charge in [-0.1, -0.05) is 200 Å². The molecule has 62 heavy (non-hydrogen) atoms. The molecule has 0 unspecified atom stereocenters. The van der Waals surface area contributed by atoms with Crippen molar-refractivity contribution < 1.29 is 4.42 Å². The van der Waals surface area contributed by atoms with E-state index < -0.39 is 5.41 Å². The normalized spacial score (nSPS) is 12.6. The number of rotatable bonds is 7. The van der Waals surface area contributed by atoms with Gasteiger partial charge in [-0.05, 0) is 86.0 Å². The van der Waals surface area contributed by atoms with Crippen LogP contribution in [0.1, 0.15) is 22.3 Å². The van der Waals surface area contributed by atoms with Crippen LogP contribution >= 0.6 is 0 Å². The second-order valence-corrected chi connectivity index (χ2v) is 16.1. The van der Waals surface area contributed by atoms with Gasteiger partial charge in [-0.15, -0.1) is 0 Å². The summed E-state index contributed by atoms with van der Waals surface area (Å²) in [4.78, 5) is 10.4. The van der Waals surface area contributed by atoms with Crippen molar-refractivity contribution in [2.75, 3.05) is 0 Å². The van der Waals surface area contributed by atoms with Crippen LogP contribution in [-0.4, -0.2) is 9.97 Å². The highest BCUT2D eigenvalue weighted by Crippen LogP contribution is 2.58. The summed E-state index contributed by atoms with van der Waals surface area (Å²) < 4.78 is 6.14. The maximum Gasteiger partial charge on any atom is 0.160 e. The minimum absolute atomic E-state index is 0.451. The van der Waals surface area contributed by atoms with Crippen LogP contribution in [0.4, 0.5) is 0 Å². The van der Waals surface area contributed by atoms with Crippen LogP contribution < -0.4 is 0 Å². The van der Waals surface area contributed by atoms with Crippen LogP contribution in [-0.2, 0) is 5.41 Å². The molecule has 0 saturated carbocycles. The molecule has 0 bridgehead atoms. The molecule has 0 atom stereocenters. The smallest absolute Gasteiger partial charge is 0.160 e. The lowest BCUT2D eigenvalue weighted by molar-refractivity contribution is 0.669. The average molecular weight is 791 g/mol. The van der Waals surface area contributed by atoms with Crippen molar-refractivity contribution in [3.8, 4) is 67.3 Å². The molecule has 290 valence electrons. The number of fused-ring (bicyclic) bond motifs is 6. The number of nitrogens with zero attached hydrogens (tertiary/aromatic N) is 2. The molecule has 1 aliphatic carbocycles. The Labute approximate surface area is 360 Å². The molecule has 0 N–H and O–H groups in total. The van der Waals surface area contributed by atoms with E-state index in [0.717, 1.165) is 66.7 Å². The molecule has 11 aromatic rings. The lowest BCUT2D eigenvalue weighted by Crippen LogP contribution is -2.28. The van der Waals surface area contributed by atoms with Gasteiger partial charge in [0.25, 0.3) is 0 Å². The quantitative estimate of drug-likeness (QED) is 0.161. The Kier molecular flexibility index (Phi) is 8.39. The van der Waals surface area contributed by atoms with Crippen molar-refractivity contribution in [3.63, 3.8) is 0 Å². The maximum atomic E-state index is 6.14. The zero-order valence-electron chi connectivity index (χ0n) is 33.7. The van der Waals surface area contributed by atoms with E-state index in [0.29, 0.717) is 5.82 Å². The highest BCUT2D eigenvalue weighted by molar-refractivity contribution is 6.06. The van der Waals surface area contributed by atoms with Crippen molar-refractivity contribution in [1.82, 2.24) is 9.97 Å². The minimum Gasteiger partial charge on any atom is -0.456 e. The average Bonchev–Trinajstić information content (AvgIpc) is 3.88. The molecule has 0 amide bonds. The minimum atomic E-state index is -0.451. The summed E-state index contributed by atoms with van der Waals surface area (Å²) in [6.07, 6.45) is 0. The molecule has 9 aromatic carbocycles. The summed E-state index contributed by atoms with van der Waals surface area (Å²) in [5.74, 6) is 0.689. The Morgan fingerprint density at radius 2 is 0.855 bits per heavy atom. The summed E-state index contributed by atoms with van der Waals surface area (Å²) in [5.41, 5.74) is 18.4. The van der Waals surface area contributed by atoms with Crippen LogP contribution in [0.15, 0.2) is 235 Å². The first kappa shape index (κ1) is 35.8. The first-order chi connectivity index (χ1) is 30.7. The summed E-state index contributed by atoms with van der Waals surface area (Å²) in [7, 11) is 0. The van der Waals surface area contributed by atoms with Crippen LogP contribution in [0.2, 0.25) is 0 Å². The second kappa shape index (κ2) is 14.5. The van der Waals surface area contributed by atoms with E-state index in [1.165, 1.54) is 38.9 Å². The zero-order valence-corrected chi connectivity index (χ0v) is 33.7. The van der Waals surface area contributed by atoms with E-state index in [1.807, 2.05) is 30.3 Å². The monoisotopic (exact) mass is 790 g/mol. The van der Waals surface area contributed by atoms with E-state index in [-0.39, 0.29) is 0 Å². The predicted molar refractivity (Wildman–Crippen MR) is 254 cm³/mol. The third kappa shape index (κ3) is 5.74. The van der Waals surface area contributed by atoms with Gasteiger partial charge in [-0.3, -0.25) is 0 Å². The molecular formula is C59H38N2O. The van der Waals surface area contributed by atoms with E-state index >= 15 is 0 Å². The number of hydrogen-bond acceptors (Lipinski definition) is 3. The second-order valence-electron chi connectivity index (χ2n) is 16.1. The van der Waals surface area contributed by atoms with Crippen molar-refractivity contribution in [3.05, 3.63) is 253 Å². The number of furan rings is 1. The van der Waals surface area contributed by atoms with Gasteiger partial charge >= 0.3 is 0 Å². The summed E-state index contributed by atoms with van der Waals surface area (Å²) in [6, 6.07) is 82.3. The number of benzene rings is 9. The molecule has 3 heteroatoms. The van der Waals surface area contributed by atoms with E-state index in [1.54, 1.807) is 0 Å². The standard InChI is InChI=1S/C59H38N2O/c1-4-16-41(17-5-1)58-60-53(38-54(61-58)44-19-14-18-42(36-44)43-34-35-56-50(37-43)48-24-11-13-29-55(48)62-56)40-32-30-39(31-33-40)47-26-15-28-52-57(47)49-25-10-12-27-51(49)59(52,45-20-6-2-7-21-45)46-22-8-3-9-23-46/h1-38H. The Morgan fingerprint density at radius 3 is 1.63 bits per heavy atom. The van der Waals surface area contributed by atoms with Gasteiger partial charge in [0.15, 0.2) is 5.82 Å². The van der Waals surface area contributed by atoms with Crippen molar-refractivity contribution in [2.45, 2.75) is 5.41 Å². The highest BCUT2D eigenvalue weighted by atomic mass is 16.3. The highest BCUT2D eigenvalue weighted by Gasteiger charge is 2.46. The molecule has 2 heterocycles. The SMILES string of the molecule is c1ccc(-c2nc(-c3ccc(-c4cccc5c4-c4ccccc4C5(c4ccccc4)c4ccccc4)cc3)cc(-c3cccc(-c4ccc5oc6ccccc6c5c4)c3)n2)cc1. The molecule has 2 aromatic heterocycles. The van der Waals surface area contributed by atoms with Gasteiger partial charge in [-0.2, -0.15) is 0 Å². The van der Waals surface area contributed by atoms with Crippen molar-refractivity contribution in [1.29, 1.82) is 0 Å². The molecule has 3 nitrogen and oxygen atoms in total. The van der Waals surface area contributed by atoms with Gasteiger partial charge in [0, 0.05) is 27.5 Å². The Morgan fingerprint density at radius 1 is 0.323 bits per heavy atom. The fourth-order valence-electron chi connectivity index (χ4n) is 9.78. The molecule has 0 fully saturated rings. The first-order valence-corrected chi connectivity index (χ1v) is 21.1. The fraction of sp³-hybridized carbons (Fsp3) is 0.0169. The summed E-state index contributed by atoms with van der Waals surface area (Å²) in [5, 5.41) is 2.23. The van der Waals surface area contributed by atoms with Gasteiger partial charge in [-0.25, -0.2) is 9.97 Å². The molecule has 0 saturated heterocycles. The zero-order chi connectivity index (χ0) is 41.0. The van der Waals surface area contributed by atoms with E-state index in [2.05, 4.69) is 200 Å². The van der Waals surface area contributed by atoms with Crippen molar-refractivity contribution >= 4 is 21.9 Å². The van der Waals surface area contributed by atoms with Gasteiger partial charge in [0.2, 0.25) is 0 Å². The van der Waals surface area contributed by atoms with Crippen LogP contribution in [0.5, 0.6) is 0 Å². The first-order valence-electron chi connectivity index (χ1n) is 21.1. The molecule has 0 aliphatic heterocycles. The van der Waals surface area contributed by atoms with Crippen LogP contribution in [0.3, 0.4) is 0 Å². The molecule has 0 spiro atoms. The lowest BCUT2D eigenvalue weighted by atomic mass is 9.67. The van der Waals surface area contributed by atoms with E-state index in [9.17, 15) is 0 Å². The Balaban J connectivity index is 0.964. The molecule has 0 radical (unpaired) electrons. The van der Waals surface area contributed by atoms with Crippen LogP contribution in [0.25, 0.3) is 89.2 Å². The van der Waals surface area contributed by atoms with Crippen molar-refractivity contribution in [2.24, 2.45) is 0 Å². The number of para-hydroxylation sites is 1.